The summed E-state index contributed by atoms with van der Waals surface area (Å²) < 4.78 is 6.96. The molecule has 2 aromatic rings. The van der Waals surface area contributed by atoms with Crippen molar-refractivity contribution in [1.29, 1.82) is 0 Å². The number of nitrogens with zero attached hydrogens (tertiary/aromatic N) is 2. The number of hydrazine groups is 1. The maximum absolute atomic E-state index is 5.54. The van der Waals surface area contributed by atoms with Crippen molar-refractivity contribution < 1.29 is 4.42 Å². The first-order valence-electron chi connectivity index (χ1n) is 5.62. The first-order valence-corrected chi connectivity index (χ1v) is 7.21. The second-order valence-electron chi connectivity index (χ2n) is 5.09. The second kappa shape index (κ2) is 5.22. The molecule has 19 heavy (non-hydrogen) atoms. The standard InChI is InChI=1S/C12H14Br2N4O/c1-12(2,3)8-5-9(18-15)17-11(16-8)7-4-6(13)10(14)19-7/h4-5H,15H2,1-3H3,(H,16,17,18). The number of nitrogens with one attached hydrogen (secondary N) is 1. The van der Waals surface area contributed by atoms with Crippen LogP contribution in [0.1, 0.15) is 26.5 Å². The van der Waals surface area contributed by atoms with Gasteiger partial charge in [0.1, 0.15) is 5.82 Å². The average Bonchev–Trinajstić information content (AvgIpc) is 2.68. The van der Waals surface area contributed by atoms with Crippen LogP contribution in [0.25, 0.3) is 11.6 Å². The van der Waals surface area contributed by atoms with Crippen molar-refractivity contribution in [3.05, 3.63) is 27.0 Å². The van der Waals surface area contributed by atoms with Crippen molar-refractivity contribution in [2.45, 2.75) is 26.2 Å². The van der Waals surface area contributed by atoms with Gasteiger partial charge in [-0.05, 0) is 31.9 Å². The molecule has 0 saturated carbocycles. The highest BCUT2D eigenvalue weighted by atomic mass is 79.9. The predicted octanol–water partition coefficient (Wildman–Crippen LogP) is 3.84. The maximum atomic E-state index is 5.54. The van der Waals surface area contributed by atoms with Crippen molar-refractivity contribution in [2.24, 2.45) is 5.84 Å². The van der Waals surface area contributed by atoms with Crippen molar-refractivity contribution in [2.75, 3.05) is 5.43 Å². The smallest absolute Gasteiger partial charge is 0.198 e. The van der Waals surface area contributed by atoms with Gasteiger partial charge in [0.25, 0.3) is 0 Å². The van der Waals surface area contributed by atoms with E-state index in [1.807, 2.05) is 12.1 Å². The molecule has 7 heteroatoms. The van der Waals surface area contributed by atoms with E-state index in [9.17, 15) is 0 Å². The van der Waals surface area contributed by atoms with Gasteiger partial charge in [0, 0.05) is 17.5 Å². The summed E-state index contributed by atoms with van der Waals surface area (Å²) in [5.74, 6) is 7.07. The minimum atomic E-state index is -0.107. The van der Waals surface area contributed by atoms with Gasteiger partial charge in [0.05, 0.1) is 10.2 Å². The Balaban J connectivity index is 2.57. The quantitative estimate of drug-likeness (QED) is 0.602. The van der Waals surface area contributed by atoms with E-state index in [1.54, 1.807) is 0 Å². The van der Waals surface area contributed by atoms with E-state index in [0.717, 1.165) is 10.2 Å². The lowest BCUT2D eigenvalue weighted by atomic mass is 9.92. The van der Waals surface area contributed by atoms with Crippen LogP contribution in [0.15, 0.2) is 25.7 Å². The van der Waals surface area contributed by atoms with E-state index in [-0.39, 0.29) is 5.41 Å². The fourth-order valence-electron chi connectivity index (χ4n) is 1.47. The van der Waals surface area contributed by atoms with Gasteiger partial charge in [-0.3, -0.25) is 0 Å². The van der Waals surface area contributed by atoms with Gasteiger partial charge in [-0.15, -0.1) is 0 Å². The molecule has 0 aromatic carbocycles. The molecule has 102 valence electrons. The first kappa shape index (κ1) is 14.5. The van der Waals surface area contributed by atoms with Gasteiger partial charge in [0.2, 0.25) is 0 Å². The Kier molecular flexibility index (Phi) is 3.98. The van der Waals surface area contributed by atoms with Crippen LogP contribution in [0.5, 0.6) is 0 Å². The van der Waals surface area contributed by atoms with Crippen molar-refractivity contribution in [3.63, 3.8) is 0 Å². The molecule has 0 amide bonds. The fourth-order valence-corrected chi connectivity index (χ4v) is 2.05. The zero-order valence-corrected chi connectivity index (χ0v) is 14.0. The summed E-state index contributed by atoms with van der Waals surface area (Å²) in [4.78, 5) is 8.84. The molecule has 0 radical (unpaired) electrons. The maximum Gasteiger partial charge on any atom is 0.198 e. The zero-order valence-electron chi connectivity index (χ0n) is 10.8. The molecular weight excluding hydrogens is 376 g/mol. The number of nitrogens with two attached hydrogens (primary N) is 1. The van der Waals surface area contributed by atoms with E-state index in [1.165, 1.54) is 0 Å². The van der Waals surface area contributed by atoms with E-state index < -0.39 is 0 Å². The van der Waals surface area contributed by atoms with Gasteiger partial charge in [-0.2, -0.15) is 0 Å². The molecule has 2 rings (SSSR count). The van der Waals surface area contributed by atoms with Crippen LogP contribution in [0.4, 0.5) is 5.82 Å². The fraction of sp³-hybridized carbons (Fsp3) is 0.333. The SMILES string of the molecule is CC(C)(C)c1cc(NN)nc(-c2cc(Br)c(Br)o2)n1. The minimum absolute atomic E-state index is 0.107. The van der Waals surface area contributed by atoms with Gasteiger partial charge < -0.3 is 9.84 Å². The van der Waals surface area contributed by atoms with E-state index in [4.69, 9.17) is 10.3 Å². The summed E-state index contributed by atoms with van der Waals surface area (Å²) in [5, 5.41) is 0. The largest absolute Gasteiger partial charge is 0.445 e. The molecule has 0 fully saturated rings. The number of rotatable bonds is 2. The third kappa shape index (κ3) is 3.16. The number of nitrogen functional groups attached to an aromatic ring is 1. The van der Waals surface area contributed by atoms with E-state index >= 15 is 0 Å². The number of aromatic nitrogens is 2. The Morgan fingerprint density at radius 3 is 2.37 bits per heavy atom. The molecule has 0 bridgehead atoms. The first-order chi connectivity index (χ1) is 8.81. The number of hydrogen-bond acceptors (Lipinski definition) is 5. The highest BCUT2D eigenvalue weighted by Crippen LogP contribution is 2.32. The molecule has 5 nitrogen and oxygen atoms in total. The third-order valence-electron chi connectivity index (χ3n) is 2.51. The second-order valence-corrected chi connectivity index (χ2v) is 6.66. The molecule has 0 spiro atoms. The minimum Gasteiger partial charge on any atom is -0.445 e. The monoisotopic (exact) mass is 388 g/mol. The topological polar surface area (TPSA) is 77.0 Å². The normalized spacial score (nSPS) is 11.7. The Labute approximate surface area is 128 Å². The Morgan fingerprint density at radius 1 is 1.21 bits per heavy atom. The summed E-state index contributed by atoms with van der Waals surface area (Å²) in [5.41, 5.74) is 3.33. The number of halogens is 2. The van der Waals surface area contributed by atoms with E-state index in [0.29, 0.717) is 22.1 Å². The van der Waals surface area contributed by atoms with Crippen LogP contribution in [-0.4, -0.2) is 9.97 Å². The van der Waals surface area contributed by atoms with Crippen LogP contribution in [-0.2, 0) is 5.41 Å². The van der Waals surface area contributed by atoms with Gasteiger partial charge >= 0.3 is 0 Å². The Morgan fingerprint density at radius 2 is 1.89 bits per heavy atom. The van der Waals surface area contributed by atoms with E-state index in [2.05, 4.69) is 68.0 Å². The summed E-state index contributed by atoms with van der Waals surface area (Å²) in [6.45, 7) is 6.23. The molecule has 0 unspecified atom stereocenters. The Hall–Kier alpha value is -0.920. The van der Waals surface area contributed by atoms with Crippen LogP contribution in [0.3, 0.4) is 0 Å². The molecule has 0 aliphatic heterocycles. The van der Waals surface area contributed by atoms with Crippen LogP contribution in [0, 0.1) is 0 Å². The lowest BCUT2D eigenvalue weighted by molar-refractivity contribution is 0.542. The van der Waals surface area contributed by atoms with Crippen molar-refractivity contribution in [1.82, 2.24) is 9.97 Å². The molecule has 0 aliphatic carbocycles. The molecule has 2 aromatic heterocycles. The summed E-state index contributed by atoms with van der Waals surface area (Å²) in [6, 6.07) is 3.64. The van der Waals surface area contributed by atoms with Gasteiger partial charge in [-0.25, -0.2) is 15.8 Å². The number of furan rings is 1. The third-order valence-corrected chi connectivity index (χ3v) is 4.22. The molecule has 3 N–H and O–H groups in total. The summed E-state index contributed by atoms with van der Waals surface area (Å²) in [6.07, 6.45) is 0. The molecule has 0 saturated heterocycles. The molecule has 2 heterocycles. The van der Waals surface area contributed by atoms with Crippen LogP contribution in [0.2, 0.25) is 0 Å². The van der Waals surface area contributed by atoms with Crippen molar-refractivity contribution in [3.8, 4) is 11.6 Å². The number of hydrogen-bond donors (Lipinski definition) is 2. The van der Waals surface area contributed by atoms with Gasteiger partial charge in [-0.1, -0.05) is 20.8 Å². The zero-order chi connectivity index (χ0) is 14.2. The average molecular weight is 390 g/mol. The predicted molar refractivity (Wildman–Crippen MR) is 81.6 cm³/mol. The highest BCUT2D eigenvalue weighted by Gasteiger charge is 2.20. The Bertz CT molecular complexity index is 585. The summed E-state index contributed by atoms with van der Waals surface area (Å²) >= 11 is 6.67. The molecular formula is C12H14Br2N4O. The summed E-state index contributed by atoms with van der Waals surface area (Å²) in [7, 11) is 0. The van der Waals surface area contributed by atoms with Crippen LogP contribution >= 0.6 is 31.9 Å². The number of anilines is 1. The lowest BCUT2D eigenvalue weighted by Crippen LogP contribution is -2.17. The lowest BCUT2D eigenvalue weighted by Gasteiger charge is -2.18. The van der Waals surface area contributed by atoms with Crippen molar-refractivity contribution >= 4 is 37.7 Å². The molecule has 0 atom stereocenters. The highest BCUT2D eigenvalue weighted by molar-refractivity contribution is 9.13. The van der Waals surface area contributed by atoms with Gasteiger partial charge in [0.15, 0.2) is 16.3 Å². The van der Waals surface area contributed by atoms with Crippen LogP contribution < -0.4 is 11.3 Å². The molecule has 0 aliphatic rings.